The zero-order valence-electron chi connectivity index (χ0n) is 11.4. The fraction of sp³-hybridized carbons (Fsp3) is 0.357. The maximum atomic E-state index is 9.77. The second-order valence-corrected chi connectivity index (χ2v) is 5.61. The smallest absolute Gasteiger partial charge is 0.216 e. The number of H-pyrrole nitrogens is 1. The monoisotopic (exact) mass is 288 g/mol. The predicted octanol–water partition coefficient (Wildman–Crippen LogP) is 3.02. The van der Waals surface area contributed by atoms with E-state index in [-0.39, 0.29) is 0 Å². The van der Waals surface area contributed by atoms with Crippen molar-refractivity contribution in [2.45, 2.75) is 32.6 Å². The van der Waals surface area contributed by atoms with Crippen LogP contribution in [0.4, 0.5) is 0 Å². The van der Waals surface area contributed by atoms with Crippen LogP contribution in [0.1, 0.15) is 41.3 Å². The normalized spacial score (nSPS) is 15.1. The van der Waals surface area contributed by atoms with Gasteiger partial charge in [-0.2, -0.15) is 14.9 Å². The lowest BCUT2D eigenvalue weighted by molar-refractivity contribution is 0.467. The molecule has 1 saturated carbocycles. The van der Waals surface area contributed by atoms with Gasteiger partial charge in [-0.15, -0.1) is 0 Å². The third-order valence-electron chi connectivity index (χ3n) is 3.45. The van der Waals surface area contributed by atoms with Crippen molar-refractivity contribution >= 4 is 18.4 Å². The second kappa shape index (κ2) is 4.86. The first kappa shape index (κ1) is 13.1. The molecule has 5 nitrogen and oxygen atoms in total. The fourth-order valence-corrected chi connectivity index (χ4v) is 2.40. The van der Waals surface area contributed by atoms with Crippen molar-refractivity contribution in [3.05, 3.63) is 39.4 Å². The molecule has 1 aliphatic carbocycles. The van der Waals surface area contributed by atoms with E-state index in [4.69, 9.17) is 12.2 Å². The summed E-state index contributed by atoms with van der Waals surface area (Å²) in [4.78, 5) is 0. The van der Waals surface area contributed by atoms with E-state index >= 15 is 0 Å². The van der Waals surface area contributed by atoms with Crippen molar-refractivity contribution in [1.29, 1.82) is 0 Å². The van der Waals surface area contributed by atoms with Crippen molar-refractivity contribution in [3.63, 3.8) is 0 Å². The number of hydrogen-bond acceptors (Lipinski definition) is 4. The Bertz CT molecular complexity index is 717. The number of aryl methyl sites for hydroxylation is 2. The average Bonchev–Trinajstić information content (AvgIpc) is 3.18. The molecule has 0 radical (unpaired) electrons. The van der Waals surface area contributed by atoms with Crippen LogP contribution in [0.25, 0.3) is 0 Å². The van der Waals surface area contributed by atoms with E-state index in [1.54, 1.807) is 10.9 Å². The van der Waals surface area contributed by atoms with Gasteiger partial charge in [0, 0.05) is 5.92 Å². The van der Waals surface area contributed by atoms with Gasteiger partial charge in [0.1, 0.15) is 5.75 Å². The number of aromatic hydroxyl groups is 1. The number of rotatable bonds is 3. The van der Waals surface area contributed by atoms with Gasteiger partial charge >= 0.3 is 0 Å². The average molecular weight is 288 g/mol. The zero-order valence-corrected chi connectivity index (χ0v) is 12.2. The lowest BCUT2D eigenvalue weighted by Gasteiger charge is -2.04. The van der Waals surface area contributed by atoms with Gasteiger partial charge in [-0.05, 0) is 67.7 Å². The number of nitrogens with one attached hydrogen (secondary N) is 1. The van der Waals surface area contributed by atoms with E-state index in [0.717, 1.165) is 35.4 Å². The number of aromatic amines is 1. The highest BCUT2D eigenvalue weighted by molar-refractivity contribution is 7.71. The van der Waals surface area contributed by atoms with Crippen molar-refractivity contribution in [2.24, 2.45) is 5.10 Å². The Hall–Kier alpha value is -1.95. The molecule has 0 atom stereocenters. The largest absolute Gasteiger partial charge is 0.507 e. The van der Waals surface area contributed by atoms with Crippen LogP contribution >= 0.6 is 12.2 Å². The first-order valence-electron chi connectivity index (χ1n) is 6.58. The Morgan fingerprint density at radius 1 is 1.40 bits per heavy atom. The van der Waals surface area contributed by atoms with Gasteiger partial charge in [0.25, 0.3) is 0 Å². The van der Waals surface area contributed by atoms with Crippen LogP contribution < -0.4 is 0 Å². The second-order valence-electron chi connectivity index (χ2n) is 5.22. The molecule has 0 aliphatic heterocycles. The Labute approximate surface area is 122 Å². The van der Waals surface area contributed by atoms with E-state index in [9.17, 15) is 5.11 Å². The summed E-state index contributed by atoms with van der Waals surface area (Å²) in [7, 11) is 0. The molecule has 2 aromatic rings. The van der Waals surface area contributed by atoms with E-state index in [1.165, 1.54) is 0 Å². The van der Waals surface area contributed by atoms with Gasteiger partial charge in [0.15, 0.2) is 5.82 Å². The lowest BCUT2D eigenvalue weighted by atomic mass is 10.1. The summed E-state index contributed by atoms with van der Waals surface area (Å²) in [6.07, 6.45) is 4.04. The molecule has 1 heterocycles. The van der Waals surface area contributed by atoms with Gasteiger partial charge in [-0.1, -0.05) is 0 Å². The molecule has 0 amide bonds. The zero-order chi connectivity index (χ0) is 14.3. The van der Waals surface area contributed by atoms with Gasteiger partial charge in [-0.3, -0.25) is 5.10 Å². The Morgan fingerprint density at radius 2 is 2.05 bits per heavy atom. The summed E-state index contributed by atoms with van der Waals surface area (Å²) < 4.78 is 2.19. The SMILES string of the molecule is Cc1cc(/C=N/n2c(C3CC3)n[nH]c2=S)cc(C)c1O. The number of phenolic OH excluding ortho intramolecular Hbond substituents is 1. The van der Waals surface area contributed by atoms with Crippen LogP contribution in [0.2, 0.25) is 0 Å². The van der Waals surface area contributed by atoms with Gasteiger partial charge < -0.3 is 5.11 Å². The molecule has 20 heavy (non-hydrogen) atoms. The summed E-state index contributed by atoms with van der Waals surface area (Å²) in [5, 5.41) is 21.2. The predicted molar refractivity (Wildman–Crippen MR) is 80.0 cm³/mol. The Balaban J connectivity index is 1.95. The highest BCUT2D eigenvalue weighted by Gasteiger charge is 2.29. The highest BCUT2D eigenvalue weighted by atomic mass is 32.1. The minimum atomic E-state index is 0.334. The van der Waals surface area contributed by atoms with Crippen LogP contribution in [0.5, 0.6) is 5.75 Å². The summed E-state index contributed by atoms with van der Waals surface area (Å²) in [6, 6.07) is 3.79. The molecule has 1 aromatic carbocycles. The van der Waals surface area contributed by atoms with E-state index in [1.807, 2.05) is 26.0 Å². The van der Waals surface area contributed by atoms with Crippen molar-refractivity contribution in [2.75, 3.05) is 0 Å². The molecule has 104 valence electrons. The van der Waals surface area contributed by atoms with Crippen LogP contribution in [0.3, 0.4) is 0 Å². The molecule has 0 bridgehead atoms. The number of aromatic nitrogens is 3. The van der Waals surface area contributed by atoms with Crippen LogP contribution in [0, 0.1) is 18.6 Å². The number of benzene rings is 1. The number of hydrogen-bond donors (Lipinski definition) is 2. The fourth-order valence-electron chi connectivity index (χ4n) is 2.21. The maximum absolute atomic E-state index is 9.77. The van der Waals surface area contributed by atoms with Gasteiger partial charge in [0.05, 0.1) is 6.21 Å². The molecule has 0 unspecified atom stereocenters. The molecular formula is C14H16N4OS. The molecular weight excluding hydrogens is 272 g/mol. The summed E-state index contributed by atoms with van der Waals surface area (Å²) in [5.74, 6) is 1.71. The molecule has 2 N–H and O–H groups in total. The Morgan fingerprint density at radius 3 is 2.65 bits per heavy atom. The standard InChI is InChI=1S/C14H16N4OS/c1-8-5-10(6-9(2)12(8)19)7-15-18-13(11-3-4-11)16-17-14(18)20/h5-7,11,19H,3-4H2,1-2H3,(H,17,20)/b15-7+. The molecule has 1 aliphatic rings. The minimum absolute atomic E-state index is 0.334. The maximum Gasteiger partial charge on any atom is 0.216 e. The lowest BCUT2D eigenvalue weighted by Crippen LogP contribution is -1.97. The van der Waals surface area contributed by atoms with Crippen LogP contribution in [-0.2, 0) is 0 Å². The highest BCUT2D eigenvalue weighted by Crippen LogP contribution is 2.38. The molecule has 0 spiro atoms. The van der Waals surface area contributed by atoms with Crippen LogP contribution in [0.15, 0.2) is 17.2 Å². The topological polar surface area (TPSA) is 66.2 Å². The first-order valence-corrected chi connectivity index (χ1v) is 6.99. The third kappa shape index (κ3) is 2.38. The van der Waals surface area contributed by atoms with Crippen molar-refractivity contribution < 1.29 is 5.11 Å². The third-order valence-corrected chi connectivity index (χ3v) is 3.72. The summed E-state index contributed by atoms with van der Waals surface area (Å²) in [6.45, 7) is 3.75. The first-order chi connectivity index (χ1) is 9.56. The van der Waals surface area contributed by atoms with E-state index in [2.05, 4.69) is 15.3 Å². The quantitative estimate of drug-likeness (QED) is 0.674. The molecule has 1 fully saturated rings. The van der Waals surface area contributed by atoms with Gasteiger partial charge in [-0.25, -0.2) is 0 Å². The molecule has 3 rings (SSSR count). The summed E-state index contributed by atoms with van der Waals surface area (Å²) in [5.41, 5.74) is 2.61. The number of phenols is 1. The van der Waals surface area contributed by atoms with E-state index in [0.29, 0.717) is 16.4 Å². The van der Waals surface area contributed by atoms with E-state index < -0.39 is 0 Å². The van der Waals surface area contributed by atoms with Crippen molar-refractivity contribution in [1.82, 2.24) is 14.9 Å². The van der Waals surface area contributed by atoms with Crippen molar-refractivity contribution in [3.8, 4) is 5.75 Å². The number of nitrogens with zero attached hydrogens (tertiary/aromatic N) is 3. The minimum Gasteiger partial charge on any atom is -0.507 e. The summed E-state index contributed by atoms with van der Waals surface area (Å²) >= 11 is 5.20. The van der Waals surface area contributed by atoms with Crippen LogP contribution in [-0.4, -0.2) is 26.2 Å². The Kier molecular flexibility index (Phi) is 3.17. The molecule has 0 saturated heterocycles. The molecule has 1 aromatic heterocycles. The molecule has 6 heteroatoms. The van der Waals surface area contributed by atoms with Gasteiger partial charge in [0.2, 0.25) is 4.77 Å².